The number of nitrogens with zero attached hydrogens (tertiary/aromatic N) is 5. The highest BCUT2D eigenvalue weighted by Crippen LogP contribution is 2.22. The molecule has 2 aliphatic heterocycles. The average molecular weight is 321 g/mol. The number of aromatic nitrogens is 3. The van der Waals surface area contributed by atoms with E-state index in [0.717, 1.165) is 45.2 Å². The van der Waals surface area contributed by atoms with Gasteiger partial charge in [-0.15, -0.1) is 0 Å². The van der Waals surface area contributed by atoms with E-state index >= 15 is 0 Å². The molecule has 1 aromatic heterocycles. The van der Waals surface area contributed by atoms with Crippen LogP contribution in [0, 0.1) is 5.92 Å². The Morgan fingerprint density at radius 1 is 1.17 bits per heavy atom. The molecule has 3 rings (SSSR count). The summed E-state index contributed by atoms with van der Waals surface area (Å²) >= 11 is 0. The van der Waals surface area contributed by atoms with Gasteiger partial charge >= 0.3 is 6.01 Å². The molecule has 2 fully saturated rings. The molecule has 7 heteroatoms. The van der Waals surface area contributed by atoms with Crippen LogP contribution >= 0.6 is 0 Å². The monoisotopic (exact) mass is 321 g/mol. The van der Waals surface area contributed by atoms with Gasteiger partial charge in [0.15, 0.2) is 0 Å². The zero-order valence-corrected chi connectivity index (χ0v) is 14.2. The lowest BCUT2D eigenvalue weighted by atomic mass is 10.1. The van der Waals surface area contributed by atoms with Crippen molar-refractivity contribution >= 4 is 11.9 Å². The summed E-state index contributed by atoms with van der Waals surface area (Å²) in [7, 11) is 3.63. The second-order valence-corrected chi connectivity index (χ2v) is 6.43. The fourth-order valence-electron chi connectivity index (χ4n) is 3.21. The molecule has 1 atom stereocenters. The number of rotatable bonds is 5. The molecule has 0 N–H and O–H groups in total. The van der Waals surface area contributed by atoms with E-state index < -0.39 is 0 Å². The third-order valence-electron chi connectivity index (χ3n) is 4.56. The van der Waals surface area contributed by atoms with E-state index in [-0.39, 0.29) is 0 Å². The van der Waals surface area contributed by atoms with Crippen LogP contribution in [0.5, 0.6) is 6.01 Å². The lowest BCUT2D eigenvalue weighted by Gasteiger charge is -2.24. The van der Waals surface area contributed by atoms with Gasteiger partial charge in [0.05, 0.1) is 13.7 Å². The highest BCUT2D eigenvalue weighted by Gasteiger charge is 2.21. The van der Waals surface area contributed by atoms with Crippen molar-refractivity contribution in [1.82, 2.24) is 15.0 Å². The van der Waals surface area contributed by atoms with E-state index in [0.29, 0.717) is 17.9 Å². The smallest absolute Gasteiger partial charge is 0.322 e. The molecule has 2 aliphatic rings. The van der Waals surface area contributed by atoms with E-state index in [1.807, 2.05) is 7.05 Å². The molecule has 128 valence electrons. The van der Waals surface area contributed by atoms with Crippen molar-refractivity contribution in [2.24, 2.45) is 5.92 Å². The first-order valence-corrected chi connectivity index (χ1v) is 8.60. The fraction of sp³-hybridized carbons (Fsp3) is 0.812. The molecule has 1 aromatic rings. The highest BCUT2D eigenvalue weighted by atomic mass is 16.5. The summed E-state index contributed by atoms with van der Waals surface area (Å²) in [6, 6.07) is 0.392. The molecule has 0 spiro atoms. The van der Waals surface area contributed by atoms with Crippen LogP contribution in [0.4, 0.5) is 11.9 Å². The standard InChI is InChI=1S/C16H27N5O2/c1-20(11-13-7-10-23-12-13)14-17-15(19-16(18-14)22-2)21-8-5-3-4-6-9-21/h13H,3-12H2,1-2H3/t13-/m0/s1. The summed E-state index contributed by atoms with van der Waals surface area (Å²) < 4.78 is 10.8. The zero-order valence-electron chi connectivity index (χ0n) is 14.2. The van der Waals surface area contributed by atoms with Gasteiger partial charge in [-0.05, 0) is 19.3 Å². The van der Waals surface area contributed by atoms with Crippen LogP contribution in [0.3, 0.4) is 0 Å². The molecule has 0 radical (unpaired) electrons. The van der Waals surface area contributed by atoms with Gasteiger partial charge in [0.1, 0.15) is 0 Å². The van der Waals surface area contributed by atoms with Crippen LogP contribution in [-0.2, 0) is 4.74 Å². The predicted molar refractivity (Wildman–Crippen MR) is 89.3 cm³/mol. The molecule has 0 unspecified atom stereocenters. The maximum Gasteiger partial charge on any atom is 0.322 e. The molecule has 3 heterocycles. The van der Waals surface area contributed by atoms with Gasteiger partial charge < -0.3 is 19.3 Å². The van der Waals surface area contributed by atoms with Crippen molar-refractivity contribution in [1.29, 1.82) is 0 Å². The van der Waals surface area contributed by atoms with Crippen LogP contribution in [0.25, 0.3) is 0 Å². The Morgan fingerprint density at radius 3 is 2.61 bits per heavy atom. The molecule has 0 aromatic carbocycles. The average Bonchev–Trinajstić information content (AvgIpc) is 2.93. The van der Waals surface area contributed by atoms with Crippen molar-refractivity contribution in [2.75, 3.05) is 56.8 Å². The minimum Gasteiger partial charge on any atom is -0.467 e. The molecular weight excluding hydrogens is 294 g/mol. The second kappa shape index (κ2) is 7.77. The number of hydrogen-bond donors (Lipinski definition) is 0. The molecule has 0 amide bonds. The first kappa shape index (κ1) is 16.2. The second-order valence-electron chi connectivity index (χ2n) is 6.43. The van der Waals surface area contributed by atoms with E-state index in [1.54, 1.807) is 7.11 Å². The Kier molecular flexibility index (Phi) is 5.48. The van der Waals surface area contributed by atoms with Crippen LogP contribution in [0.15, 0.2) is 0 Å². The Labute approximate surface area is 138 Å². The van der Waals surface area contributed by atoms with Crippen LogP contribution in [0.2, 0.25) is 0 Å². The normalized spacial score (nSPS) is 22.0. The van der Waals surface area contributed by atoms with Crippen molar-refractivity contribution < 1.29 is 9.47 Å². The number of methoxy groups -OCH3 is 1. The SMILES string of the molecule is COc1nc(N(C)C[C@@H]2CCOC2)nc(N2CCCCCC2)n1. The van der Waals surface area contributed by atoms with Gasteiger partial charge in [0.2, 0.25) is 11.9 Å². The summed E-state index contributed by atoms with van der Waals surface area (Å²) in [5.41, 5.74) is 0. The Balaban J connectivity index is 1.77. The zero-order chi connectivity index (χ0) is 16.1. The van der Waals surface area contributed by atoms with Gasteiger partial charge in [0, 0.05) is 39.2 Å². The number of ether oxygens (including phenoxy) is 2. The number of anilines is 2. The summed E-state index contributed by atoms with van der Waals surface area (Å²) in [5.74, 6) is 1.97. The maximum absolute atomic E-state index is 5.46. The van der Waals surface area contributed by atoms with E-state index in [1.165, 1.54) is 25.7 Å². The summed E-state index contributed by atoms with van der Waals surface area (Å²) in [6.45, 7) is 4.59. The topological polar surface area (TPSA) is 63.6 Å². The Bertz CT molecular complexity index is 499. The van der Waals surface area contributed by atoms with Gasteiger partial charge in [-0.3, -0.25) is 0 Å². The minimum absolute atomic E-state index is 0.392. The van der Waals surface area contributed by atoms with Gasteiger partial charge in [-0.25, -0.2) is 0 Å². The number of hydrogen-bond acceptors (Lipinski definition) is 7. The first-order chi connectivity index (χ1) is 11.3. The maximum atomic E-state index is 5.46. The molecule has 0 saturated carbocycles. The summed E-state index contributed by atoms with van der Waals surface area (Å²) in [5, 5.41) is 0. The first-order valence-electron chi connectivity index (χ1n) is 8.60. The summed E-state index contributed by atoms with van der Waals surface area (Å²) in [6.07, 6.45) is 6.06. The van der Waals surface area contributed by atoms with Crippen LogP contribution in [-0.4, -0.2) is 62.0 Å². The van der Waals surface area contributed by atoms with E-state index in [4.69, 9.17) is 14.5 Å². The lowest BCUT2D eigenvalue weighted by molar-refractivity contribution is 0.186. The van der Waals surface area contributed by atoms with E-state index in [9.17, 15) is 0 Å². The van der Waals surface area contributed by atoms with Crippen molar-refractivity contribution in [3.8, 4) is 6.01 Å². The molecule has 0 aliphatic carbocycles. The quantitative estimate of drug-likeness (QED) is 0.818. The Hall–Kier alpha value is -1.63. The molecule has 7 nitrogen and oxygen atoms in total. The van der Waals surface area contributed by atoms with Crippen LogP contribution < -0.4 is 14.5 Å². The van der Waals surface area contributed by atoms with E-state index in [2.05, 4.69) is 19.8 Å². The minimum atomic E-state index is 0.392. The molecule has 23 heavy (non-hydrogen) atoms. The predicted octanol–water partition coefficient (Wildman–Crippen LogP) is 1.73. The van der Waals surface area contributed by atoms with Gasteiger partial charge in [-0.1, -0.05) is 12.8 Å². The molecule has 2 saturated heterocycles. The van der Waals surface area contributed by atoms with Gasteiger partial charge in [0.25, 0.3) is 0 Å². The lowest BCUT2D eigenvalue weighted by Crippen LogP contribution is -2.30. The van der Waals surface area contributed by atoms with Crippen molar-refractivity contribution in [2.45, 2.75) is 32.1 Å². The van der Waals surface area contributed by atoms with Gasteiger partial charge in [-0.2, -0.15) is 15.0 Å². The fourth-order valence-corrected chi connectivity index (χ4v) is 3.21. The third kappa shape index (κ3) is 4.22. The highest BCUT2D eigenvalue weighted by molar-refractivity contribution is 5.40. The largest absolute Gasteiger partial charge is 0.467 e. The third-order valence-corrected chi connectivity index (χ3v) is 4.56. The van der Waals surface area contributed by atoms with Crippen molar-refractivity contribution in [3.05, 3.63) is 0 Å². The van der Waals surface area contributed by atoms with Crippen molar-refractivity contribution in [3.63, 3.8) is 0 Å². The molecular formula is C16H27N5O2. The summed E-state index contributed by atoms with van der Waals surface area (Å²) in [4.78, 5) is 17.9. The van der Waals surface area contributed by atoms with Crippen LogP contribution in [0.1, 0.15) is 32.1 Å². The Morgan fingerprint density at radius 2 is 1.96 bits per heavy atom. The molecule has 0 bridgehead atoms.